The van der Waals surface area contributed by atoms with Crippen LogP contribution in [0, 0.1) is 0 Å². The Hall–Kier alpha value is -2.35. The van der Waals surface area contributed by atoms with Crippen LogP contribution < -0.4 is 0 Å². The van der Waals surface area contributed by atoms with Gasteiger partial charge in [0, 0.05) is 22.9 Å². The minimum absolute atomic E-state index is 0.163. The zero-order valence-electron chi connectivity index (χ0n) is 10.7. The molecule has 0 saturated heterocycles. The summed E-state index contributed by atoms with van der Waals surface area (Å²) < 4.78 is 5.80. The van der Waals surface area contributed by atoms with Gasteiger partial charge in [0.15, 0.2) is 5.78 Å². The number of furan rings is 1. The summed E-state index contributed by atoms with van der Waals surface area (Å²) in [6.07, 6.45) is 0.532. The zero-order valence-corrected chi connectivity index (χ0v) is 10.7. The third-order valence-electron chi connectivity index (χ3n) is 3.24. The Labute approximate surface area is 111 Å². The summed E-state index contributed by atoms with van der Waals surface area (Å²) in [7, 11) is 0. The van der Waals surface area contributed by atoms with Gasteiger partial charge in [-0.25, -0.2) is 0 Å². The Morgan fingerprint density at radius 1 is 1.05 bits per heavy atom. The van der Waals surface area contributed by atoms with E-state index in [1.807, 2.05) is 61.5 Å². The maximum Gasteiger partial charge on any atom is 0.162 e. The molecule has 0 bridgehead atoms. The summed E-state index contributed by atoms with van der Waals surface area (Å²) in [6, 6.07) is 17.5. The second kappa shape index (κ2) is 4.73. The molecule has 0 aliphatic heterocycles. The highest BCUT2D eigenvalue weighted by Crippen LogP contribution is 2.27. The summed E-state index contributed by atoms with van der Waals surface area (Å²) in [5, 5.41) is 1.09. The second-order valence-corrected chi connectivity index (χ2v) is 4.50. The van der Waals surface area contributed by atoms with Gasteiger partial charge >= 0.3 is 0 Å². The normalized spacial score (nSPS) is 10.8. The lowest BCUT2D eigenvalue weighted by molar-refractivity contribution is 0.0988. The molecule has 0 aliphatic carbocycles. The molecule has 2 nitrogen and oxygen atoms in total. The van der Waals surface area contributed by atoms with Crippen molar-refractivity contribution in [2.45, 2.75) is 13.3 Å². The molecule has 0 N–H and O–H groups in total. The van der Waals surface area contributed by atoms with E-state index in [4.69, 9.17) is 4.42 Å². The predicted molar refractivity (Wildman–Crippen MR) is 76.3 cm³/mol. The van der Waals surface area contributed by atoms with Gasteiger partial charge < -0.3 is 4.42 Å². The fourth-order valence-electron chi connectivity index (χ4n) is 2.15. The van der Waals surface area contributed by atoms with Crippen LogP contribution in [0.4, 0.5) is 0 Å². The molecule has 3 rings (SSSR count). The summed E-state index contributed by atoms with van der Waals surface area (Å²) in [5.41, 5.74) is 2.62. The second-order valence-electron chi connectivity index (χ2n) is 4.50. The van der Waals surface area contributed by atoms with Crippen molar-refractivity contribution in [1.82, 2.24) is 0 Å². The third kappa shape index (κ3) is 2.17. The first kappa shape index (κ1) is 11.7. The quantitative estimate of drug-likeness (QED) is 0.631. The fourth-order valence-corrected chi connectivity index (χ4v) is 2.15. The molecule has 94 valence electrons. The third-order valence-corrected chi connectivity index (χ3v) is 3.24. The van der Waals surface area contributed by atoms with E-state index in [1.165, 1.54) is 0 Å². The average molecular weight is 250 g/mol. The Balaban J connectivity index is 1.99. The molecule has 0 unspecified atom stereocenters. The average Bonchev–Trinajstić information content (AvgIpc) is 2.90. The SMILES string of the molecule is CCC(=O)c1ccc(-c2cc3ccccc3o2)cc1. The number of carbonyl (C=O) groups is 1. The minimum atomic E-state index is 0.163. The molecule has 0 aliphatic rings. The first-order valence-corrected chi connectivity index (χ1v) is 6.40. The molecule has 1 aromatic heterocycles. The molecule has 0 saturated carbocycles. The number of para-hydroxylation sites is 1. The van der Waals surface area contributed by atoms with Crippen molar-refractivity contribution < 1.29 is 9.21 Å². The molecule has 1 heterocycles. The molecular formula is C17H14O2. The number of fused-ring (bicyclic) bond motifs is 1. The highest BCUT2D eigenvalue weighted by Gasteiger charge is 2.07. The smallest absolute Gasteiger partial charge is 0.162 e. The molecule has 3 aromatic rings. The Morgan fingerprint density at radius 2 is 1.79 bits per heavy atom. The topological polar surface area (TPSA) is 30.2 Å². The number of hydrogen-bond acceptors (Lipinski definition) is 2. The molecular weight excluding hydrogens is 236 g/mol. The number of Topliss-reactive ketones (excluding diaryl/α,β-unsaturated/α-hetero) is 1. The van der Waals surface area contributed by atoms with E-state index in [0.29, 0.717) is 6.42 Å². The van der Waals surface area contributed by atoms with Crippen LogP contribution in [-0.2, 0) is 0 Å². The maximum absolute atomic E-state index is 11.6. The number of rotatable bonds is 3. The maximum atomic E-state index is 11.6. The van der Waals surface area contributed by atoms with Gasteiger partial charge in [-0.2, -0.15) is 0 Å². The van der Waals surface area contributed by atoms with E-state index in [0.717, 1.165) is 27.9 Å². The van der Waals surface area contributed by atoms with E-state index in [-0.39, 0.29) is 5.78 Å². The van der Waals surface area contributed by atoms with Gasteiger partial charge in [0.25, 0.3) is 0 Å². The summed E-state index contributed by atoms with van der Waals surface area (Å²) in [4.78, 5) is 11.6. The van der Waals surface area contributed by atoms with Gasteiger partial charge in [0.05, 0.1) is 0 Å². The minimum Gasteiger partial charge on any atom is -0.456 e. The van der Waals surface area contributed by atoms with Crippen molar-refractivity contribution in [3.05, 3.63) is 60.2 Å². The summed E-state index contributed by atoms with van der Waals surface area (Å²) in [5.74, 6) is 0.993. The van der Waals surface area contributed by atoms with E-state index in [9.17, 15) is 4.79 Å². The van der Waals surface area contributed by atoms with Gasteiger partial charge in [-0.1, -0.05) is 49.4 Å². The predicted octanol–water partition coefficient (Wildman–Crippen LogP) is 4.69. The number of carbonyl (C=O) groups excluding carboxylic acids is 1. The Bertz CT molecular complexity index is 687. The van der Waals surface area contributed by atoms with E-state index < -0.39 is 0 Å². The molecule has 2 heteroatoms. The van der Waals surface area contributed by atoms with Crippen molar-refractivity contribution in [2.75, 3.05) is 0 Å². The summed E-state index contributed by atoms with van der Waals surface area (Å²) >= 11 is 0. The Morgan fingerprint density at radius 3 is 2.47 bits per heavy atom. The van der Waals surface area contributed by atoms with Gasteiger partial charge in [-0.15, -0.1) is 0 Å². The molecule has 19 heavy (non-hydrogen) atoms. The molecule has 0 fully saturated rings. The number of ketones is 1. The van der Waals surface area contributed by atoms with Crippen LogP contribution in [0.3, 0.4) is 0 Å². The largest absolute Gasteiger partial charge is 0.456 e. The van der Waals surface area contributed by atoms with Gasteiger partial charge in [-0.05, 0) is 12.1 Å². The van der Waals surface area contributed by atoms with Crippen LogP contribution in [0.25, 0.3) is 22.3 Å². The standard InChI is InChI=1S/C17H14O2/c1-2-15(18)12-7-9-13(10-8-12)17-11-14-5-3-4-6-16(14)19-17/h3-11H,2H2,1H3. The lowest BCUT2D eigenvalue weighted by Gasteiger charge is -1.99. The molecule has 0 radical (unpaired) electrons. The van der Waals surface area contributed by atoms with Crippen molar-refractivity contribution in [1.29, 1.82) is 0 Å². The monoisotopic (exact) mass is 250 g/mol. The van der Waals surface area contributed by atoms with Crippen molar-refractivity contribution in [3.63, 3.8) is 0 Å². The molecule has 0 amide bonds. The summed E-state index contributed by atoms with van der Waals surface area (Å²) in [6.45, 7) is 1.87. The molecule has 0 atom stereocenters. The van der Waals surface area contributed by atoms with Gasteiger partial charge in [0.2, 0.25) is 0 Å². The van der Waals surface area contributed by atoms with Crippen LogP contribution in [0.15, 0.2) is 59.0 Å². The van der Waals surface area contributed by atoms with E-state index >= 15 is 0 Å². The van der Waals surface area contributed by atoms with Crippen molar-refractivity contribution in [3.8, 4) is 11.3 Å². The van der Waals surface area contributed by atoms with Gasteiger partial charge in [-0.3, -0.25) is 4.79 Å². The highest BCUT2D eigenvalue weighted by molar-refractivity contribution is 5.96. The van der Waals surface area contributed by atoms with Crippen LogP contribution >= 0.6 is 0 Å². The first-order valence-electron chi connectivity index (χ1n) is 6.40. The Kier molecular flexibility index (Phi) is 2.92. The first-order chi connectivity index (χ1) is 9.28. The fraction of sp³-hybridized carbons (Fsp3) is 0.118. The molecule has 0 spiro atoms. The van der Waals surface area contributed by atoms with Crippen LogP contribution in [0.5, 0.6) is 0 Å². The lowest BCUT2D eigenvalue weighted by atomic mass is 10.1. The van der Waals surface area contributed by atoms with Gasteiger partial charge in [0.1, 0.15) is 11.3 Å². The molecule has 2 aromatic carbocycles. The van der Waals surface area contributed by atoms with Crippen LogP contribution in [0.1, 0.15) is 23.7 Å². The van der Waals surface area contributed by atoms with Crippen molar-refractivity contribution in [2.24, 2.45) is 0 Å². The number of hydrogen-bond donors (Lipinski definition) is 0. The van der Waals surface area contributed by atoms with E-state index in [2.05, 4.69) is 0 Å². The van der Waals surface area contributed by atoms with E-state index in [1.54, 1.807) is 0 Å². The van der Waals surface area contributed by atoms with Crippen LogP contribution in [-0.4, -0.2) is 5.78 Å². The highest BCUT2D eigenvalue weighted by atomic mass is 16.3. The van der Waals surface area contributed by atoms with Crippen LogP contribution in [0.2, 0.25) is 0 Å². The number of benzene rings is 2. The van der Waals surface area contributed by atoms with Crippen molar-refractivity contribution >= 4 is 16.8 Å². The zero-order chi connectivity index (χ0) is 13.2. The lowest BCUT2D eigenvalue weighted by Crippen LogP contribution is -1.95.